The van der Waals surface area contributed by atoms with E-state index in [2.05, 4.69) is 10.7 Å². The predicted octanol–water partition coefficient (Wildman–Crippen LogP) is -2.35. The Morgan fingerprint density at radius 2 is 1.26 bits per heavy atom. The van der Waals surface area contributed by atoms with Gasteiger partial charge in [0.2, 0.25) is 11.8 Å². The first-order valence-corrected chi connectivity index (χ1v) is 9.93. The van der Waals surface area contributed by atoms with Crippen molar-refractivity contribution in [2.24, 2.45) is 5.73 Å². The first-order chi connectivity index (χ1) is 15.7. The molecule has 0 aliphatic heterocycles. The molecule has 0 unspecified atom stereocenters. The average molecular weight is 492 g/mol. The Morgan fingerprint density at radius 1 is 0.735 bits per heavy atom. The average Bonchev–Trinajstić information content (AvgIpc) is 2.73. The molecule has 9 N–H and O–H groups in total. The summed E-state index contributed by atoms with van der Waals surface area (Å²) >= 11 is 0. The second-order valence-corrected chi connectivity index (χ2v) is 7.21. The molecule has 0 aromatic heterocycles. The van der Waals surface area contributed by atoms with E-state index in [0.29, 0.717) is 5.01 Å². The number of amides is 2. The number of carboxylic acids is 5. The number of hydrazine groups is 1. The highest BCUT2D eigenvalue weighted by atomic mass is 16.4. The van der Waals surface area contributed by atoms with Gasteiger partial charge in [-0.05, 0) is 26.2 Å². The molecule has 16 heteroatoms. The summed E-state index contributed by atoms with van der Waals surface area (Å²) in [5, 5.41) is 47.6. The molecule has 0 bridgehead atoms. The zero-order chi connectivity index (χ0) is 26.6. The lowest BCUT2D eigenvalue weighted by molar-refractivity contribution is -0.156. The van der Waals surface area contributed by atoms with Crippen molar-refractivity contribution in [3.05, 3.63) is 0 Å². The van der Waals surface area contributed by atoms with Crippen LogP contribution in [0.1, 0.15) is 45.4 Å². The van der Waals surface area contributed by atoms with Gasteiger partial charge in [0.15, 0.2) is 0 Å². The summed E-state index contributed by atoms with van der Waals surface area (Å²) in [6, 6.07) is -6.17. The van der Waals surface area contributed by atoms with Crippen LogP contribution in [-0.2, 0) is 33.6 Å². The van der Waals surface area contributed by atoms with Gasteiger partial charge in [-0.1, -0.05) is 0 Å². The minimum Gasteiger partial charge on any atom is -0.481 e. The number of nitrogens with zero attached hydrogens (tertiary/aromatic N) is 1. The van der Waals surface area contributed by atoms with Crippen LogP contribution in [0.5, 0.6) is 0 Å². The predicted molar refractivity (Wildman–Crippen MR) is 109 cm³/mol. The highest BCUT2D eigenvalue weighted by molar-refractivity contribution is 5.86. The third kappa shape index (κ3) is 11.2. The van der Waals surface area contributed by atoms with Crippen molar-refractivity contribution in [2.75, 3.05) is 0 Å². The number of nitrogens with one attached hydrogen (secondary N) is 2. The van der Waals surface area contributed by atoms with Gasteiger partial charge < -0.3 is 36.6 Å². The van der Waals surface area contributed by atoms with Crippen LogP contribution < -0.4 is 16.5 Å². The fourth-order valence-corrected chi connectivity index (χ4v) is 2.51. The van der Waals surface area contributed by atoms with Gasteiger partial charge in [-0.3, -0.25) is 29.0 Å². The van der Waals surface area contributed by atoms with E-state index in [1.807, 2.05) is 0 Å². The van der Waals surface area contributed by atoms with E-state index in [4.69, 9.17) is 21.1 Å². The molecule has 0 aliphatic carbocycles. The summed E-state index contributed by atoms with van der Waals surface area (Å²) in [5.74, 6) is -9.11. The molecule has 192 valence electrons. The van der Waals surface area contributed by atoms with Crippen molar-refractivity contribution in [3.63, 3.8) is 0 Å². The third-order valence-electron chi connectivity index (χ3n) is 4.53. The number of carboxylic acid groups (broad SMARTS) is 5. The highest BCUT2D eigenvalue weighted by Gasteiger charge is 2.31. The molecule has 16 nitrogen and oxygen atoms in total. The molecule has 0 saturated heterocycles. The molecular weight excluding hydrogens is 464 g/mol. The Kier molecular flexibility index (Phi) is 12.8. The van der Waals surface area contributed by atoms with Crippen molar-refractivity contribution in [1.82, 2.24) is 15.8 Å². The molecule has 0 aromatic rings. The Hall–Kier alpha value is -3.79. The molecule has 0 saturated carbocycles. The normalized spacial score (nSPS) is 14.2. The van der Waals surface area contributed by atoms with E-state index in [1.165, 1.54) is 0 Å². The zero-order valence-corrected chi connectivity index (χ0v) is 18.2. The van der Waals surface area contributed by atoms with Gasteiger partial charge in [0.1, 0.15) is 24.2 Å². The van der Waals surface area contributed by atoms with Crippen LogP contribution in [0.3, 0.4) is 0 Å². The van der Waals surface area contributed by atoms with Crippen LogP contribution in [0, 0.1) is 0 Å². The topological polar surface area (TPSA) is 274 Å². The highest BCUT2D eigenvalue weighted by Crippen LogP contribution is 2.08. The molecule has 0 rings (SSSR count). The number of nitrogens with two attached hydrogens (primary N) is 1. The first kappa shape index (κ1) is 30.2. The largest absolute Gasteiger partial charge is 0.481 e. The minimum absolute atomic E-state index is 0.355. The Morgan fingerprint density at radius 3 is 1.71 bits per heavy atom. The first-order valence-electron chi connectivity index (χ1n) is 9.93. The van der Waals surface area contributed by atoms with Gasteiger partial charge in [0.05, 0.1) is 0 Å². The molecule has 0 spiro atoms. The van der Waals surface area contributed by atoms with Crippen molar-refractivity contribution in [3.8, 4) is 0 Å². The number of hydrogen-bond donors (Lipinski definition) is 8. The van der Waals surface area contributed by atoms with Gasteiger partial charge in [-0.25, -0.2) is 15.0 Å². The smallest absolute Gasteiger partial charge is 0.327 e. The zero-order valence-electron chi connectivity index (χ0n) is 18.2. The number of hydrogen-bond acceptors (Lipinski definition) is 9. The van der Waals surface area contributed by atoms with E-state index in [1.54, 1.807) is 0 Å². The van der Waals surface area contributed by atoms with Crippen LogP contribution in [-0.4, -0.2) is 96.4 Å². The van der Waals surface area contributed by atoms with E-state index in [-0.39, 0.29) is 6.42 Å². The third-order valence-corrected chi connectivity index (χ3v) is 4.53. The Bertz CT molecular complexity index is 802. The summed E-state index contributed by atoms with van der Waals surface area (Å²) in [6.45, 7) is 1.07. The summed E-state index contributed by atoms with van der Waals surface area (Å²) in [4.78, 5) is 79.9. The number of carbonyl (C=O) groups excluding carboxylic acids is 2. The van der Waals surface area contributed by atoms with E-state index in [0.717, 1.165) is 6.92 Å². The van der Waals surface area contributed by atoms with Crippen LogP contribution >= 0.6 is 0 Å². The molecule has 0 aromatic carbocycles. The van der Waals surface area contributed by atoms with Gasteiger partial charge in [-0.2, -0.15) is 0 Å². The molecule has 0 heterocycles. The van der Waals surface area contributed by atoms with Crippen LogP contribution in [0.25, 0.3) is 0 Å². The maximum Gasteiger partial charge on any atom is 0.327 e. The summed E-state index contributed by atoms with van der Waals surface area (Å²) < 4.78 is 0. The second-order valence-electron chi connectivity index (χ2n) is 7.21. The number of aliphatic carboxylic acids is 5. The van der Waals surface area contributed by atoms with E-state index in [9.17, 15) is 43.8 Å². The Labute approximate surface area is 192 Å². The van der Waals surface area contributed by atoms with Gasteiger partial charge in [-0.15, -0.1) is 0 Å². The number of carbonyl (C=O) groups is 7. The van der Waals surface area contributed by atoms with Gasteiger partial charge in [0, 0.05) is 19.3 Å². The van der Waals surface area contributed by atoms with Crippen molar-refractivity contribution in [1.29, 1.82) is 0 Å². The molecule has 34 heavy (non-hydrogen) atoms. The monoisotopic (exact) mass is 492 g/mol. The summed E-state index contributed by atoms with van der Waals surface area (Å²) in [5.41, 5.74) is 7.51. The van der Waals surface area contributed by atoms with Crippen LogP contribution in [0.2, 0.25) is 0 Å². The SMILES string of the molecule is C[C@@H](C(=O)O)N(N[C@@H](CCC(=O)N[C@@H](CCC(=O)O)C(=O)O)C(=O)O)C(=O)CC[C@H](N)C(=O)O. The fourth-order valence-electron chi connectivity index (χ4n) is 2.51. The standard InChI is InChI=1S/C18H28N4O12/c1-8(15(27)28)22(13(24)6-2-9(19)16(29)30)21-11(18(33)34)3-5-12(23)20-10(17(31)32)4-7-14(25)26/h8-11,21H,2-7,19H2,1H3,(H,20,23)(H,25,26)(H,27,28)(H,29,30)(H,31,32)(H,33,34)/t8-,9-,10-,11-/m0/s1. The lowest BCUT2D eigenvalue weighted by Gasteiger charge is -2.30. The van der Waals surface area contributed by atoms with E-state index >= 15 is 0 Å². The molecule has 2 amide bonds. The van der Waals surface area contributed by atoms with E-state index < -0.39 is 97.9 Å². The number of rotatable bonds is 17. The Balaban J connectivity index is 5.26. The van der Waals surface area contributed by atoms with Crippen LogP contribution in [0.15, 0.2) is 0 Å². The minimum atomic E-state index is -1.66. The lowest BCUT2D eigenvalue weighted by atomic mass is 10.1. The second kappa shape index (κ2) is 14.4. The molecule has 0 fully saturated rings. The lowest BCUT2D eigenvalue weighted by Crippen LogP contribution is -2.57. The van der Waals surface area contributed by atoms with Gasteiger partial charge >= 0.3 is 29.8 Å². The molecular formula is C18H28N4O12. The maximum atomic E-state index is 12.4. The fraction of sp³-hybridized carbons (Fsp3) is 0.611. The van der Waals surface area contributed by atoms with Crippen LogP contribution in [0.4, 0.5) is 0 Å². The summed E-state index contributed by atoms with van der Waals surface area (Å²) in [7, 11) is 0. The van der Waals surface area contributed by atoms with Crippen molar-refractivity contribution in [2.45, 2.75) is 69.6 Å². The van der Waals surface area contributed by atoms with Gasteiger partial charge in [0.25, 0.3) is 0 Å². The maximum absolute atomic E-state index is 12.4. The van der Waals surface area contributed by atoms with Crippen molar-refractivity contribution >= 4 is 41.7 Å². The quantitative estimate of drug-likeness (QED) is 0.0987. The molecule has 0 radical (unpaired) electrons. The van der Waals surface area contributed by atoms with Crippen molar-refractivity contribution < 1.29 is 59.1 Å². The molecule has 0 aliphatic rings. The molecule has 4 atom stereocenters. The summed E-state index contributed by atoms with van der Waals surface area (Å²) in [6.07, 6.45) is -2.88.